The highest BCUT2D eigenvalue weighted by Gasteiger charge is 2.13. The van der Waals surface area contributed by atoms with E-state index in [1.165, 1.54) is 6.21 Å². The Kier molecular flexibility index (Phi) is 10.3. The van der Waals surface area contributed by atoms with Crippen LogP contribution in [0.4, 0.5) is 8.78 Å². The van der Waals surface area contributed by atoms with Crippen molar-refractivity contribution in [1.29, 1.82) is 5.41 Å². The van der Waals surface area contributed by atoms with E-state index in [0.717, 1.165) is 19.3 Å². The number of hydrogen-bond acceptors (Lipinski definition) is 3. The summed E-state index contributed by atoms with van der Waals surface area (Å²) in [4.78, 5) is 1.71. The van der Waals surface area contributed by atoms with Gasteiger partial charge in [-0.2, -0.15) is 0 Å². The van der Waals surface area contributed by atoms with E-state index in [0.29, 0.717) is 19.7 Å². The Morgan fingerprint density at radius 3 is 2.47 bits per heavy atom. The Hall–Kier alpha value is -0.550. The van der Waals surface area contributed by atoms with Crippen LogP contribution in [0.25, 0.3) is 0 Å². The molecule has 0 aliphatic rings. The molecule has 0 radical (unpaired) electrons. The minimum absolute atomic E-state index is 0.208. The summed E-state index contributed by atoms with van der Waals surface area (Å²) in [5.41, 5.74) is 0. The fourth-order valence-electron chi connectivity index (χ4n) is 1.74. The van der Waals surface area contributed by atoms with E-state index in [2.05, 4.69) is 6.92 Å². The highest BCUT2D eigenvalue weighted by Crippen LogP contribution is 2.10. The molecule has 102 valence electrons. The smallest absolute Gasteiger partial charge is 0.251 e. The maximum atomic E-state index is 12.3. The first-order chi connectivity index (χ1) is 8.13. The van der Waals surface area contributed by atoms with Crippen molar-refractivity contribution in [2.45, 2.75) is 32.6 Å². The Morgan fingerprint density at radius 1 is 1.29 bits per heavy atom. The highest BCUT2D eigenvalue weighted by atomic mass is 19.3. The molecular formula is C12H24F2N2O. The Morgan fingerprint density at radius 2 is 2.00 bits per heavy atom. The lowest BCUT2D eigenvalue weighted by atomic mass is 10.0. The third-order valence-electron chi connectivity index (χ3n) is 2.72. The van der Waals surface area contributed by atoms with Crippen LogP contribution in [-0.4, -0.2) is 50.9 Å². The molecule has 0 amide bonds. The summed E-state index contributed by atoms with van der Waals surface area (Å²) in [6.45, 7) is 3.46. The molecule has 0 aliphatic carbocycles. The van der Waals surface area contributed by atoms with Crippen molar-refractivity contribution in [3.8, 4) is 0 Å². The van der Waals surface area contributed by atoms with Crippen LogP contribution in [0.2, 0.25) is 0 Å². The predicted octanol–water partition coefficient (Wildman–Crippen LogP) is 2.66. The molecule has 5 heteroatoms. The molecule has 0 aromatic heterocycles. The molecule has 3 nitrogen and oxygen atoms in total. The summed E-state index contributed by atoms with van der Waals surface area (Å²) in [6.07, 6.45) is 1.87. The third-order valence-corrected chi connectivity index (χ3v) is 2.72. The molecule has 1 atom stereocenters. The van der Waals surface area contributed by atoms with Gasteiger partial charge in [0.1, 0.15) is 0 Å². The molecule has 17 heavy (non-hydrogen) atoms. The third kappa shape index (κ3) is 9.18. The quantitative estimate of drug-likeness (QED) is 0.572. The molecule has 0 aromatic carbocycles. The van der Waals surface area contributed by atoms with Gasteiger partial charge < -0.3 is 10.1 Å². The molecule has 0 saturated heterocycles. The Balaban J connectivity index is 3.98. The first kappa shape index (κ1) is 16.4. The highest BCUT2D eigenvalue weighted by molar-refractivity contribution is 5.56. The molecule has 0 aliphatic heterocycles. The average molecular weight is 250 g/mol. The second-order valence-corrected chi connectivity index (χ2v) is 4.19. The molecule has 0 heterocycles. The van der Waals surface area contributed by atoms with Crippen LogP contribution in [0.5, 0.6) is 0 Å². The van der Waals surface area contributed by atoms with Crippen LogP contribution in [-0.2, 0) is 4.74 Å². The standard InChI is InChI=1S/C12H24F2N2O/c1-3-4-11(9-15)5-6-16(7-8-17-2)10-12(13)14/h9,11-12,15H,3-8,10H2,1-2H3. The van der Waals surface area contributed by atoms with Crippen LogP contribution >= 0.6 is 0 Å². The lowest BCUT2D eigenvalue weighted by Crippen LogP contribution is -2.33. The van der Waals surface area contributed by atoms with Gasteiger partial charge in [0.15, 0.2) is 0 Å². The fraction of sp³-hybridized carbons (Fsp3) is 0.917. The number of nitrogens with zero attached hydrogens (tertiary/aromatic N) is 1. The van der Waals surface area contributed by atoms with Gasteiger partial charge in [0.2, 0.25) is 0 Å². The SMILES string of the molecule is CCCC(C=N)CCN(CCOC)CC(F)F. The van der Waals surface area contributed by atoms with Gasteiger partial charge in [-0.15, -0.1) is 0 Å². The van der Waals surface area contributed by atoms with E-state index in [1.54, 1.807) is 12.0 Å². The van der Waals surface area contributed by atoms with Gasteiger partial charge in [0.25, 0.3) is 6.43 Å². The maximum absolute atomic E-state index is 12.3. The van der Waals surface area contributed by atoms with Crippen LogP contribution in [0.1, 0.15) is 26.2 Å². The van der Waals surface area contributed by atoms with Crippen molar-refractivity contribution in [2.75, 3.05) is 33.4 Å². The van der Waals surface area contributed by atoms with Crippen LogP contribution in [0.15, 0.2) is 0 Å². The van der Waals surface area contributed by atoms with E-state index >= 15 is 0 Å². The summed E-state index contributed by atoms with van der Waals surface area (Å²) in [6, 6.07) is 0. The second kappa shape index (κ2) is 10.6. The van der Waals surface area contributed by atoms with Gasteiger partial charge in [0.05, 0.1) is 13.2 Å². The number of halogens is 2. The summed E-state index contributed by atoms with van der Waals surface area (Å²) in [5.74, 6) is 0.211. The van der Waals surface area contributed by atoms with Crippen molar-refractivity contribution < 1.29 is 13.5 Å². The summed E-state index contributed by atoms with van der Waals surface area (Å²) in [7, 11) is 1.57. The van der Waals surface area contributed by atoms with Crippen LogP contribution in [0, 0.1) is 11.3 Å². The zero-order chi connectivity index (χ0) is 13.1. The minimum Gasteiger partial charge on any atom is -0.383 e. The molecule has 0 aromatic rings. The first-order valence-electron chi connectivity index (χ1n) is 6.14. The molecule has 0 spiro atoms. The van der Waals surface area contributed by atoms with Crippen molar-refractivity contribution >= 4 is 6.21 Å². The van der Waals surface area contributed by atoms with Gasteiger partial charge in [-0.05, 0) is 31.5 Å². The largest absolute Gasteiger partial charge is 0.383 e. The van der Waals surface area contributed by atoms with E-state index in [1.807, 2.05) is 0 Å². The van der Waals surface area contributed by atoms with Crippen molar-refractivity contribution in [3.05, 3.63) is 0 Å². The van der Waals surface area contributed by atoms with E-state index < -0.39 is 6.43 Å². The van der Waals surface area contributed by atoms with Crippen LogP contribution in [0.3, 0.4) is 0 Å². The maximum Gasteiger partial charge on any atom is 0.251 e. The summed E-state index contributed by atoms with van der Waals surface area (Å²) >= 11 is 0. The molecule has 0 saturated carbocycles. The van der Waals surface area contributed by atoms with E-state index in [9.17, 15) is 8.78 Å². The molecular weight excluding hydrogens is 226 g/mol. The van der Waals surface area contributed by atoms with Gasteiger partial charge in [-0.1, -0.05) is 13.3 Å². The van der Waals surface area contributed by atoms with E-state index in [4.69, 9.17) is 10.1 Å². The van der Waals surface area contributed by atoms with Crippen molar-refractivity contribution in [1.82, 2.24) is 4.90 Å². The van der Waals surface area contributed by atoms with Gasteiger partial charge in [-0.3, -0.25) is 4.90 Å². The normalized spacial score (nSPS) is 13.3. The Bertz CT molecular complexity index is 191. The van der Waals surface area contributed by atoms with Gasteiger partial charge >= 0.3 is 0 Å². The number of hydrogen-bond donors (Lipinski definition) is 1. The summed E-state index contributed by atoms with van der Waals surface area (Å²) in [5, 5.41) is 7.27. The van der Waals surface area contributed by atoms with Crippen molar-refractivity contribution in [3.63, 3.8) is 0 Å². The summed E-state index contributed by atoms with van der Waals surface area (Å²) < 4.78 is 29.6. The monoisotopic (exact) mass is 250 g/mol. The van der Waals surface area contributed by atoms with Crippen molar-refractivity contribution in [2.24, 2.45) is 5.92 Å². The lowest BCUT2D eigenvalue weighted by molar-refractivity contribution is 0.0690. The van der Waals surface area contributed by atoms with Gasteiger partial charge in [-0.25, -0.2) is 8.78 Å². The zero-order valence-electron chi connectivity index (χ0n) is 10.8. The first-order valence-corrected chi connectivity index (χ1v) is 6.14. The molecule has 1 N–H and O–H groups in total. The molecule has 0 bridgehead atoms. The lowest BCUT2D eigenvalue weighted by Gasteiger charge is -2.23. The molecule has 1 unspecified atom stereocenters. The number of rotatable bonds is 11. The second-order valence-electron chi connectivity index (χ2n) is 4.19. The predicted molar refractivity (Wildman–Crippen MR) is 66.1 cm³/mol. The fourth-order valence-corrected chi connectivity index (χ4v) is 1.74. The topological polar surface area (TPSA) is 36.3 Å². The number of ether oxygens (including phenoxy) is 1. The average Bonchev–Trinajstić information content (AvgIpc) is 2.30. The number of methoxy groups -OCH3 is 1. The minimum atomic E-state index is -2.31. The van der Waals surface area contributed by atoms with E-state index in [-0.39, 0.29) is 12.5 Å². The molecule has 0 rings (SSSR count). The zero-order valence-corrected chi connectivity index (χ0v) is 10.8. The van der Waals surface area contributed by atoms with Gasteiger partial charge in [0, 0.05) is 13.7 Å². The molecule has 0 fully saturated rings. The van der Waals surface area contributed by atoms with Crippen LogP contribution < -0.4 is 0 Å². The number of alkyl halides is 2. The number of nitrogens with one attached hydrogen (secondary N) is 1. The Labute approximate surface area is 103 Å².